The van der Waals surface area contributed by atoms with Crippen LogP contribution in [0.4, 0.5) is 16.4 Å². The minimum absolute atomic E-state index is 0.130. The molecule has 0 bridgehead atoms. The van der Waals surface area contributed by atoms with Gasteiger partial charge in [-0.25, -0.2) is 4.99 Å². The van der Waals surface area contributed by atoms with Gasteiger partial charge in [-0.15, -0.1) is 11.3 Å². The van der Waals surface area contributed by atoms with Crippen LogP contribution in [-0.4, -0.2) is 33.1 Å². The van der Waals surface area contributed by atoms with Gasteiger partial charge in [0.1, 0.15) is 5.00 Å². The Balaban J connectivity index is 1.71. The third-order valence-electron chi connectivity index (χ3n) is 6.15. The lowest BCUT2D eigenvalue weighted by Gasteiger charge is -2.23. The topological polar surface area (TPSA) is 148 Å². The Bertz CT molecular complexity index is 1140. The summed E-state index contributed by atoms with van der Waals surface area (Å²) in [5, 5.41) is 36.3. The maximum Gasteiger partial charge on any atom is 0.318 e. The summed E-state index contributed by atoms with van der Waals surface area (Å²) in [5.41, 5.74) is 0.0471. The number of aromatic hydroxyl groups is 1. The molecule has 1 amide bonds. The predicted molar refractivity (Wildman–Crippen MR) is 124 cm³/mol. The molecule has 1 aromatic carbocycles. The van der Waals surface area contributed by atoms with Crippen molar-refractivity contribution in [2.24, 2.45) is 4.99 Å². The van der Waals surface area contributed by atoms with E-state index < -0.39 is 27.0 Å². The van der Waals surface area contributed by atoms with Crippen LogP contribution in [0.15, 0.2) is 17.1 Å². The Morgan fingerprint density at radius 2 is 1.82 bits per heavy atom. The van der Waals surface area contributed by atoms with Gasteiger partial charge in [-0.3, -0.25) is 25.0 Å². The second-order valence-electron chi connectivity index (χ2n) is 8.37. The fraction of sp³-hybridized carbons (Fsp3) is 0.455. The number of phenols is 1. The van der Waals surface area contributed by atoms with E-state index in [1.165, 1.54) is 17.8 Å². The molecule has 10 nitrogen and oxygen atoms in total. The second kappa shape index (κ2) is 9.65. The zero-order valence-corrected chi connectivity index (χ0v) is 18.7. The van der Waals surface area contributed by atoms with Gasteiger partial charge in [0.2, 0.25) is 5.75 Å². The summed E-state index contributed by atoms with van der Waals surface area (Å²) in [5.74, 6) is -0.883. The first kappa shape index (κ1) is 22.8. The molecule has 174 valence electrons. The number of benzene rings is 1. The van der Waals surface area contributed by atoms with Crippen LogP contribution in [0.5, 0.6) is 5.75 Å². The number of aryl methyl sites for hydroxylation is 1. The van der Waals surface area contributed by atoms with E-state index in [-0.39, 0.29) is 17.5 Å². The molecule has 0 spiro atoms. The quantitative estimate of drug-likeness (QED) is 0.345. The minimum atomic E-state index is -0.882. The van der Waals surface area contributed by atoms with Gasteiger partial charge in [-0.05, 0) is 44.1 Å². The van der Waals surface area contributed by atoms with Gasteiger partial charge in [-0.1, -0.05) is 19.3 Å². The molecule has 1 fully saturated rings. The van der Waals surface area contributed by atoms with Crippen molar-refractivity contribution in [1.82, 2.24) is 5.32 Å². The smallest absolute Gasteiger partial charge is 0.318 e. The van der Waals surface area contributed by atoms with Crippen LogP contribution in [0, 0.1) is 20.2 Å². The molecule has 33 heavy (non-hydrogen) atoms. The van der Waals surface area contributed by atoms with Gasteiger partial charge >= 0.3 is 5.69 Å². The summed E-state index contributed by atoms with van der Waals surface area (Å²) in [4.78, 5) is 39.5. The zero-order chi connectivity index (χ0) is 23.5. The molecular formula is C22H24N4O6S. The van der Waals surface area contributed by atoms with Crippen LogP contribution < -0.4 is 5.32 Å². The standard InChI is InChI=1S/C22H24N4O6S/c27-20-13(10-15(25(29)30)11-17(20)26(31)32)12-23-22-19(16-8-4-5-9-18(16)33-22)21(28)24-14-6-2-1-3-7-14/h10-12,14,27H,1-9H2,(H,24,28)/b23-12+. The number of nitro groups is 2. The average molecular weight is 473 g/mol. The lowest BCUT2D eigenvalue weighted by atomic mass is 9.93. The minimum Gasteiger partial charge on any atom is -0.502 e. The predicted octanol–water partition coefficient (Wildman–Crippen LogP) is 4.96. The Labute approximate surface area is 193 Å². The summed E-state index contributed by atoms with van der Waals surface area (Å²) in [6.45, 7) is 0. The monoisotopic (exact) mass is 472 g/mol. The lowest BCUT2D eigenvalue weighted by molar-refractivity contribution is -0.394. The number of carbonyl (C=O) groups excluding carboxylic acids is 1. The number of hydrogen-bond acceptors (Lipinski definition) is 8. The van der Waals surface area contributed by atoms with Crippen LogP contribution in [0.25, 0.3) is 0 Å². The molecule has 1 heterocycles. The van der Waals surface area contributed by atoms with Gasteiger partial charge in [-0.2, -0.15) is 0 Å². The van der Waals surface area contributed by atoms with E-state index in [1.54, 1.807) is 0 Å². The molecule has 0 unspecified atom stereocenters. The number of hydrogen-bond donors (Lipinski definition) is 2. The maximum absolute atomic E-state index is 13.2. The summed E-state index contributed by atoms with van der Waals surface area (Å²) in [6.07, 6.45) is 10.0. The zero-order valence-electron chi connectivity index (χ0n) is 17.9. The normalized spacial score (nSPS) is 16.5. The SMILES string of the molecule is O=C(NC1CCCCC1)c1c(/N=C/c2cc([N+](=O)[O-])cc([N+](=O)[O-])c2O)sc2c1CCCC2. The average Bonchev–Trinajstić information content (AvgIpc) is 3.17. The number of nitro benzene ring substituents is 2. The van der Waals surface area contributed by atoms with E-state index in [1.807, 2.05) is 0 Å². The molecule has 11 heteroatoms. The lowest BCUT2D eigenvalue weighted by Crippen LogP contribution is -2.36. The molecule has 2 aromatic rings. The van der Waals surface area contributed by atoms with Crippen molar-refractivity contribution < 1.29 is 19.7 Å². The summed E-state index contributed by atoms with van der Waals surface area (Å²) >= 11 is 1.39. The Morgan fingerprint density at radius 3 is 2.52 bits per heavy atom. The number of fused-ring (bicyclic) bond motifs is 1. The molecule has 0 saturated heterocycles. The molecule has 1 aromatic heterocycles. The number of nitrogens with one attached hydrogen (secondary N) is 1. The maximum atomic E-state index is 13.2. The summed E-state index contributed by atoms with van der Waals surface area (Å²) < 4.78 is 0. The van der Waals surface area contributed by atoms with Crippen LogP contribution in [0.1, 0.15) is 71.3 Å². The molecule has 0 atom stereocenters. The number of rotatable bonds is 6. The van der Waals surface area contributed by atoms with Gasteiger partial charge in [0.15, 0.2) is 0 Å². The molecule has 2 N–H and O–H groups in total. The van der Waals surface area contributed by atoms with Gasteiger partial charge < -0.3 is 10.4 Å². The van der Waals surface area contributed by atoms with E-state index >= 15 is 0 Å². The Morgan fingerprint density at radius 1 is 1.09 bits per heavy atom. The molecule has 1 saturated carbocycles. The van der Waals surface area contributed by atoms with Crippen molar-refractivity contribution in [3.05, 3.63) is 53.9 Å². The van der Waals surface area contributed by atoms with Crippen molar-refractivity contribution in [3.8, 4) is 5.75 Å². The van der Waals surface area contributed by atoms with Crippen molar-refractivity contribution >= 4 is 39.8 Å². The van der Waals surface area contributed by atoms with Gasteiger partial charge in [0.05, 0.1) is 21.5 Å². The molecule has 2 aliphatic rings. The molecule has 0 aliphatic heterocycles. The largest absolute Gasteiger partial charge is 0.502 e. The Kier molecular flexibility index (Phi) is 6.68. The highest BCUT2D eigenvalue weighted by Gasteiger charge is 2.28. The fourth-order valence-corrected chi connectivity index (χ4v) is 5.71. The van der Waals surface area contributed by atoms with Crippen LogP contribution >= 0.6 is 11.3 Å². The summed E-state index contributed by atoms with van der Waals surface area (Å²) in [7, 11) is 0. The molecule has 0 radical (unpaired) electrons. The highest BCUT2D eigenvalue weighted by Crippen LogP contribution is 2.41. The number of phenolic OH excluding ortho intramolecular Hbond substituents is 1. The third-order valence-corrected chi connectivity index (χ3v) is 7.35. The number of aliphatic imine (C=N–C) groups is 1. The van der Waals surface area contributed by atoms with Crippen molar-refractivity contribution in [2.75, 3.05) is 0 Å². The van der Waals surface area contributed by atoms with E-state index in [2.05, 4.69) is 10.3 Å². The fourth-order valence-electron chi connectivity index (χ4n) is 4.48. The number of thiophene rings is 1. The molecular weight excluding hydrogens is 448 g/mol. The number of carbonyl (C=O) groups is 1. The molecule has 4 rings (SSSR count). The molecule has 2 aliphatic carbocycles. The highest BCUT2D eigenvalue weighted by molar-refractivity contribution is 7.16. The van der Waals surface area contributed by atoms with Crippen LogP contribution in [0.3, 0.4) is 0 Å². The number of nitrogens with zero attached hydrogens (tertiary/aromatic N) is 3. The summed E-state index contributed by atoms with van der Waals surface area (Å²) in [6, 6.07) is 1.87. The Hall–Kier alpha value is -3.34. The number of amides is 1. The van der Waals surface area contributed by atoms with Crippen molar-refractivity contribution in [3.63, 3.8) is 0 Å². The highest BCUT2D eigenvalue weighted by atomic mass is 32.1. The van der Waals surface area contributed by atoms with E-state index in [0.29, 0.717) is 16.6 Å². The van der Waals surface area contributed by atoms with Crippen LogP contribution in [0.2, 0.25) is 0 Å². The number of non-ortho nitro benzene ring substituents is 1. The van der Waals surface area contributed by atoms with Gasteiger partial charge in [0, 0.05) is 28.8 Å². The first-order valence-corrected chi connectivity index (χ1v) is 11.8. The first-order chi connectivity index (χ1) is 15.8. The van der Waals surface area contributed by atoms with Crippen molar-refractivity contribution in [2.45, 2.75) is 63.8 Å². The van der Waals surface area contributed by atoms with Gasteiger partial charge in [0.25, 0.3) is 11.6 Å². The van der Waals surface area contributed by atoms with E-state index in [0.717, 1.165) is 74.1 Å². The first-order valence-electron chi connectivity index (χ1n) is 11.0. The van der Waals surface area contributed by atoms with Crippen LogP contribution in [-0.2, 0) is 12.8 Å². The second-order valence-corrected chi connectivity index (χ2v) is 9.46. The van der Waals surface area contributed by atoms with Crippen molar-refractivity contribution in [1.29, 1.82) is 0 Å². The van der Waals surface area contributed by atoms with E-state index in [4.69, 9.17) is 0 Å². The van der Waals surface area contributed by atoms with E-state index in [9.17, 15) is 30.1 Å². The third kappa shape index (κ3) is 4.87.